The standard InChI is InChI=1S/C11H11N3O3S.BrH/c12-11(17)13-18-6-5-14-9(15)7-3-1-2-4-8(7)10(14)16;/h1-4H,5-6H2,(H3,12,13,17);1H. The number of carbonyl (C=O) groups excluding carboxylic acids is 3. The Bertz CT molecular complexity index is 489. The molecule has 0 spiro atoms. The van der Waals surface area contributed by atoms with E-state index in [9.17, 15) is 14.4 Å². The van der Waals surface area contributed by atoms with Crippen molar-refractivity contribution in [3.8, 4) is 0 Å². The Kier molecular flexibility index (Phi) is 5.37. The lowest BCUT2D eigenvalue weighted by Crippen LogP contribution is -2.33. The van der Waals surface area contributed by atoms with Crippen LogP contribution in [0.5, 0.6) is 0 Å². The third-order valence-electron chi connectivity index (χ3n) is 2.47. The molecule has 4 amide bonds. The zero-order valence-corrected chi connectivity index (χ0v) is 12.3. The maximum absolute atomic E-state index is 11.9. The molecule has 1 heterocycles. The van der Waals surface area contributed by atoms with E-state index in [4.69, 9.17) is 5.73 Å². The van der Waals surface area contributed by atoms with Crippen LogP contribution in [-0.2, 0) is 0 Å². The van der Waals surface area contributed by atoms with Crippen molar-refractivity contribution in [3.05, 3.63) is 35.4 Å². The Morgan fingerprint density at radius 3 is 2.21 bits per heavy atom. The highest BCUT2D eigenvalue weighted by Crippen LogP contribution is 2.22. The molecular formula is C11H12BrN3O3S. The molecule has 0 radical (unpaired) electrons. The van der Waals surface area contributed by atoms with Crippen LogP contribution in [0, 0.1) is 0 Å². The summed E-state index contributed by atoms with van der Waals surface area (Å²) < 4.78 is 2.33. The van der Waals surface area contributed by atoms with Gasteiger partial charge in [0.2, 0.25) is 0 Å². The van der Waals surface area contributed by atoms with Crippen molar-refractivity contribution in [1.82, 2.24) is 9.62 Å². The second kappa shape index (κ2) is 6.58. The summed E-state index contributed by atoms with van der Waals surface area (Å²) in [5.74, 6) is -0.195. The fourth-order valence-corrected chi connectivity index (χ4v) is 2.22. The van der Waals surface area contributed by atoms with E-state index in [0.29, 0.717) is 16.9 Å². The van der Waals surface area contributed by atoms with Crippen molar-refractivity contribution in [2.75, 3.05) is 12.3 Å². The fraction of sp³-hybridized carbons (Fsp3) is 0.182. The molecule has 1 aromatic rings. The van der Waals surface area contributed by atoms with Crippen LogP contribution < -0.4 is 10.5 Å². The van der Waals surface area contributed by atoms with Gasteiger partial charge in [0.05, 0.1) is 11.1 Å². The van der Waals surface area contributed by atoms with Gasteiger partial charge in [0.15, 0.2) is 0 Å². The van der Waals surface area contributed by atoms with Gasteiger partial charge in [0.25, 0.3) is 11.8 Å². The number of halogens is 1. The van der Waals surface area contributed by atoms with E-state index in [1.165, 1.54) is 4.90 Å². The monoisotopic (exact) mass is 345 g/mol. The van der Waals surface area contributed by atoms with Crippen LogP contribution in [0.25, 0.3) is 0 Å². The molecule has 19 heavy (non-hydrogen) atoms. The van der Waals surface area contributed by atoms with Crippen molar-refractivity contribution in [2.45, 2.75) is 0 Å². The van der Waals surface area contributed by atoms with Crippen molar-refractivity contribution in [2.24, 2.45) is 5.73 Å². The Labute approximate surface area is 124 Å². The highest BCUT2D eigenvalue weighted by atomic mass is 79.9. The van der Waals surface area contributed by atoms with Crippen molar-refractivity contribution >= 4 is 46.8 Å². The van der Waals surface area contributed by atoms with Crippen LogP contribution in [0.2, 0.25) is 0 Å². The number of nitrogens with two attached hydrogens (primary N) is 1. The van der Waals surface area contributed by atoms with E-state index in [1.807, 2.05) is 0 Å². The van der Waals surface area contributed by atoms with Crippen LogP contribution in [0.15, 0.2) is 24.3 Å². The van der Waals surface area contributed by atoms with Gasteiger partial charge in [-0.1, -0.05) is 12.1 Å². The van der Waals surface area contributed by atoms with E-state index in [2.05, 4.69) is 4.72 Å². The molecule has 102 valence electrons. The van der Waals surface area contributed by atoms with Crippen molar-refractivity contribution < 1.29 is 14.4 Å². The van der Waals surface area contributed by atoms with Gasteiger partial charge in [-0.3, -0.25) is 19.2 Å². The first-order valence-corrected chi connectivity index (χ1v) is 6.22. The van der Waals surface area contributed by atoms with Gasteiger partial charge in [-0.25, -0.2) is 4.79 Å². The number of carbonyl (C=O) groups is 3. The predicted molar refractivity (Wildman–Crippen MR) is 77.3 cm³/mol. The van der Waals surface area contributed by atoms with Gasteiger partial charge in [0.1, 0.15) is 0 Å². The second-order valence-corrected chi connectivity index (χ2v) is 4.52. The van der Waals surface area contributed by atoms with Gasteiger partial charge in [-0.2, -0.15) is 0 Å². The Hall–Kier alpha value is -1.54. The lowest BCUT2D eigenvalue weighted by atomic mass is 10.1. The lowest BCUT2D eigenvalue weighted by Gasteiger charge is -2.12. The molecule has 1 aromatic carbocycles. The Balaban J connectivity index is 0.00000180. The summed E-state index contributed by atoms with van der Waals surface area (Å²) in [5.41, 5.74) is 5.74. The lowest BCUT2D eigenvalue weighted by molar-refractivity contribution is 0.0664. The number of fused-ring (bicyclic) bond motifs is 1. The Morgan fingerprint density at radius 2 is 1.74 bits per heavy atom. The summed E-state index contributed by atoms with van der Waals surface area (Å²) in [4.78, 5) is 35.5. The highest BCUT2D eigenvalue weighted by molar-refractivity contribution is 8.93. The van der Waals surface area contributed by atoms with E-state index >= 15 is 0 Å². The number of primary amides is 1. The van der Waals surface area contributed by atoms with Crippen LogP contribution in [0.4, 0.5) is 4.79 Å². The molecule has 0 atom stereocenters. The average molecular weight is 346 g/mol. The van der Waals surface area contributed by atoms with E-state index in [0.717, 1.165) is 11.9 Å². The van der Waals surface area contributed by atoms with E-state index in [1.54, 1.807) is 24.3 Å². The largest absolute Gasteiger partial charge is 0.351 e. The van der Waals surface area contributed by atoms with Crippen LogP contribution in [0.1, 0.15) is 20.7 Å². The molecular weight excluding hydrogens is 334 g/mol. The number of nitrogens with zero attached hydrogens (tertiary/aromatic N) is 1. The summed E-state index contributed by atoms with van der Waals surface area (Å²) in [7, 11) is 0. The molecule has 6 nitrogen and oxygen atoms in total. The number of urea groups is 1. The van der Waals surface area contributed by atoms with Crippen molar-refractivity contribution in [1.29, 1.82) is 0 Å². The number of amides is 4. The van der Waals surface area contributed by atoms with Crippen molar-refractivity contribution in [3.63, 3.8) is 0 Å². The van der Waals surface area contributed by atoms with E-state index < -0.39 is 6.03 Å². The first-order valence-electron chi connectivity index (χ1n) is 5.23. The summed E-state index contributed by atoms with van der Waals surface area (Å²) in [6.45, 7) is 0.233. The topological polar surface area (TPSA) is 92.5 Å². The summed E-state index contributed by atoms with van der Waals surface area (Å²) >= 11 is 1.06. The minimum absolute atomic E-state index is 0. The quantitative estimate of drug-likeness (QED) is 0.486. The van der Waals surface area contributed by atoms with Crippen LogP contribution in [0.3, 0.4) is 0 Å². The Morgan fingerprint density at radius 1 is 1.21 bits per heavy atom. The molecule has 3 N–H and O–H groups in total. The number of rotatable bonds is 4. The number of benzene rings is 1. The molecule has 0 bridgehead atoms. The van der Waals surface area contributed by atoms with Crippen LogP contribution >= 0.6 is 28.9 Å². The van der Waals surface area contributed by atoms with Gasteiger partial charge in [0, 0.05) is 12.3 Å². The molecule has 1 aliphatic rings. The first kappa shape index (κ1) is 15.5. The molecule has 8 heteroatoms. The third-order valence-corrected chi connectivity index (χ3v) is 3.20. The molecule has 0 aliphatic carbocycles. The molecule has 0 aromatic heterocycles. The SMILES string of the molecule is Br.NC(=O)NSCCN1C(=O)c2ccccc2C1=O. The summed E-state index contributed by atoms with van der Waals surface area (Å²) in [6, 6.07) is 6.05. The first-order chi connectivity index (χ1) is 8.61. The molecule has 0 unspecified atom stereocenters. The van der Waals surface area contributed by atoms with Gasteiger partial charge >= 0.3 is 6.03 Å². The highest BCUT2D eigenvalue weighted by Gasteiger charge is 2.34. The summed E-state index contributed by atoms with van der Waals surface area (Å²) in [5, 5.41) is 0. The maximum atomic E-state index is 11.9. The van der Waals surface area contributed by atoms with Crippen LogP contribution in [-0.4, -0.2) is 35.0 Å². The molecule has 0 saturated heterocycles. The minimum atomic E-state index is -0.651. The molecule has 2 rings (SSSR count). The number of imide groups is 1. The fourth-order valence-electron chi connectivity index (χ4n) is 1.70. The summed E-state index contributed by atoms with van der Waals surface area (Å²) in [6.07, 6.45) is 0. The smallest absolute Gasteiger partial charge is 0.322 e. The predicted octanol–water partition coefficient (Wildman–Crippen LogP) is 1.18. The molecule has 1 aliphatic heterocycles. The average Bonchev–Trinajstić information content (AvgIpc) is 2.59. The number of hydrogen-bond acceptors (Lipinski definition) is 4. The van der Waals surface area contributed by atoms with Gasteiger partial charge in [-0.05, 0) is 24.1 Å². The van der Waals surface area contributed by atoms with Gasteiger partial charge < -0.3 is 5.73 Å². The zero-order chi connectivity index (χ0) is 13.1. The normalized spacial score (nSPS) is 12.9. The molecule has 0 saturated carbocycles. The third kappa shape index (κ3) is 3.27. The number of hydrogen-bond donors (Lipinski definition) is 2. The van der Waals surface area contributed by atoms with Gasteiger partial charge in [-0.15, -0.1) is 17.0 Å². The maximum Gasteiger partial charge on any atom is 0.322 e. The molecule has 0 fully saturated rings. The second-order valence-electron chi connectivity index (χ2n) is 3.62. The minimum Gasteiger partial charge on any atom is -0.351 e. The van der Waals surface area contributed by atoms with E-state index in [-0.39, 0.29) is 35.3 Å². The zero-order valence-electron chi connectivity index (χ0n) is 9.79. The number of nitrogens with one attached hydrogen (secondary N) is 1.